The van der Waals surface area contributed by atoms with E-state index in [0.717, 1.165) is 28.3 Å². The van der Waals surface area contributed by atoms with Crippen LogP contribution in [0.25, 0.3) is 5.82 Å². The third-order valence-electron chi connectivity index (χ3n) is 5.02. The summed E-state index contributed by atoms with van der Waals surface area (Å²) in [5.41, 5.74) is 3.75. The van der Waals surface area contributed by atoms with Gasteiger partial charge in [0.25, 0.3) is 0 Å². The van der Waals surface area contributed by atoms with Crippen LogP contribution in [0.15, 0.2) is 53.7 Å². The van der Waals surface area contributed by atoms with Gasteiger partial charge in [0.2, 0.25) is 0 Å². The molecule has 0 atom stereocenters. The van der Waals surface area contributed by atoms with Gasteiger partial charge in [0, 0.05) is 37.4 Å². The Labute approximate surface area is 177 Å². The average molecular weight is 409 g/mol. The highest BCUT2D eigenvalue weighted by Gasteiger charge is 2.21. The highest BCUT2D eigenvalue weighted by molar-refractivity contribution is 5.79. The first-order valence-electron chi connectivity index (χ1n) is 9.97. The van der Waals surface area contributed by atoms with Crippen molar-refractivity contribution in [2.45, 2.75) is 39.7 Å². The Hall–Kier alpha value is -3.22. The highest BCUT2D eigenvalue weighted by Crippen LogP contribution is 2.22. The normalized spacial score (nSPS) is 12.1. The second-order valence-corrected chi connectivity index (χ2v) is 8.04. The van der Waals surface area contributed by atoms with Crippen LogP contribution in [0.4, 0.5) is 4.39 Å². The molecular formula is C23H29FN6. The van der Waals surface area contributed by atoms with Gasteiger partial charge in [-0.2, -0.15) is 5.10 Å². The van der Waals surface area contributed by atoms with Crippen molar-refractivity contribution in [3.05, 3.63) is 77.0 Å². The van der Waals surface area contributed by atoms with Gasteiger partial charge in [0.15, 0.2) is 11.8 Å². The van der Waals surface area contributed by atoms with Crippen LogP contribution in [0.1, 0.15) is 36.4 Å². The summed E-state index contributed by atoms with van der Waals surface area (Å²) < 4.78 is 15.4. The summed E-state index contributed by atoms with van der Waals surface area (Å²) in [5.74, 6) is 1.25. The van der Waals surface area contributed by atoms with Crippen molar-refractivity contribution >= 4 is 5.96 Å². The minimum absolute atomic E-state index is 0.223. The van der Waals surface area contributed by atoms with Crippen molar-refractivity contribution in [1.29, 1.82) is 0 Å². The minimum atomic E-state index is -0.247. The van der Waals surface area contributed by atoms with Crippen molar-refractivity contribution in [2.75, 3.05) is 13.6 Å². The summed E-state index contributed by atoms with van der Waals surface area (Å²) in [6.45, 7) is 9.33. The average Bonchev–Trinajstić information content (AvgIpc) is 3.06. The zero-order chi connectivity index (χ0) is 21.7. The van der Waals surface area contributed by atoms with E-state index in [1.807, 2.05) is 49.0 Å². The standard InChI is InChI=1S/C23H29FN6/c1-16-11-17(2)30(29-16)21-10-9-18(13-26-21)14-27-22(25-5)28-15-23(3,4)19-7-6-8-20(24)12-19/h6-13H,14-15H2,1-5H3,(H2,25,27,28). The lowest BCUT2D eigenvalue weighted by Gasteiger charge is -2.27. The van der Waals surface area contributed by atoms with E-state index in [4.69, 9.17) is 0 Å². The summed E-state index contributed by atoms with van der Waals surface area (Å²) in [4.78, 5) is 8.81. The van der Waals surface area contributed by atoms with E-state index < -0.39 is 0 Å². The van der Waals surface area contributed by atoms with Gasteiger partial charge in [-0.15, -0.1) is 0 Å². The van der Waals surface area contributed by atoms with Crippen LogP contribution >= 0.6 is 0 Å². The quantitative estimate of drug-likeness (QED) is 0.482. The number of benzene rings is 1. The first-order chi connectivity index (χ1) is 14.3. The number of pyridine rings is 1. The number of aromatic nitrogens is 3. The smallest absolute Gasteiger partial charge is 0.191 e. The van der Waals surface area contributed by atoms with E-state index in [9.17, 15) is 4.39 Å². The third kappa shape index (κ3) is 5.23. The molecule has 0 aliphatic rings. The second-order valence-electron chi connectivity index (χ2n) is 8.04. The van der Waals surface area contributed by atoms with Crippen LogP contribution in [0.3, 0.4) is 0 Å². The predicted octanol–water partition coefficient (Wildman–Crippen LogP) is 3.67. The maximum Gasteiger partial charge on any atom is 0.191 e. The number of nitrogens with one attached hydrogen (secondary N) is 2. The number of aliphatic imine (C=N–C) groups is 1. The van der Waals surface area contributed by atoms with Crippen LogP contribution in [-0.4, -0.2) is 34.3 Å². The van der Waals surface area contributed by atoms with Crippen molar-refractivity contribution in [3.63, 3.8) is 0 Å². The van der Waals surface area contributed by atoms with Gasteiger partial charge in [-0.3, -0.25) is 4.99 Å². The lowest BCUT2D eigenvalue weighted by molar-refractivity contribution is 0.503. The van der Waals surface area contributed by atoms with Crippen LogP contribution in [0, 0.1) is 19.7 Å². The van der Waals surface area contributed by atoms with Gasteiger partial charge in [0.05, 0.1) is 5.69 Å². The summed E-state index contributed by atoms with van der Waals surface area (Å²) >= 11 is 0. The van der Waals surface area contributed by atoms with Crippen LogP contribution in [0.5, 0.6) is 0 Å². The van der Waals surface area contributed by atoms with Crippen molar-refractivity contribution in [3.8, 4) is 5.82 Å². The number of nitrogens with zero attached hydrogens (tertiary/aromatic N) is 4. The van der Waals surface area contributed by atoms with Gasteiger partial charge >= 0.3 is 0 Å². The first-order valence-corrected chi connectivity index (χ1v) is 9.97. The van der Waals surface area contributed by atoms with E-state index >= 15 is 0 Å². The molecule has 3 aromatic rings. The fourth-order valence-electron chi connectivity index (χ4n) is 3.23. The molecule has 0 fully saturated rings. The Kier molecular flexibility index (Phi) is 6.50. The Morgan fingerprint density at radius 2 is 1.93 bits per heavy atom. The molecule has 0 unspecified atom stereocenters. The van der Waals surface area contributed by atoms with E-state index in [-0.39, 0.29) is 11.2 Å². The van der Waals surface area contributed by atoms with Gasteiger partial charge in [-0.1, -0.05) is 32.0 Å². The zero-order valence-electron chi connectivity index (χ0n) is 18.2. The van der Waals surface area contributed by atoms with Crippen LogP contribution < -0.4 is 10.6 Å². The van der Waals surface area contributed by atoms with Crippen LogP contribution in [0.2, 0.25) is 0 Å². The molecule has 6 nitrogen and oxygen atoms in total. The monoisotopic (exact) mass is 408 g/mol. The molecule has 0 saturated carbocycles. The number of hydrogen-bond acceptors (Lipinski definition) is 3. The fourth-order valence-corrected chi connectivity index (χ4v) is 3.23. The van der Waals surface area contributed by atoms with Crippen molar-refractivity contribution in [1.82, 2.24) is 25.4 Å². The number of halogens is 1. The Balaban J connectivity index is 1.57. The topological polar surface area (TPSA) is 67.1 Å². The molecule has 2 N–H and O–H groups in total. The highest BCUT2D eigenvalue weighted by atomic mass is 19.1. The lowest BCUT2D eigenvalue weighted by Crippen LogP contribution is -2.43. The number of rotatable bonds is 6. The van der Waals surface area contributed by atoms with Gasteiger partial charge < -0.3 is 10.6 Å². The minimum Gasteiger partial charge on any atom is -0.356 e. The van der Waals surface area contributed by atoms with E-state index in [1.54, 1.807) is 19.2 Å². The van der Waals surface area contributed by atoms with Gasteiger partial charge in [0.1, 0.15) is 5.82 Å². The van der Waals surface area contributed by atoms with Crippen molar-refractivity contribution < 1.29 is 4.39 Å². The van der Waals surface area contributed by atoms with E-state index in [2.05, 4.69) is 39.6 Å². The maximum absolute atomic E-state index is 13.6. The predicted molar refractivity (Wildman–Crippen MR) is 118 cm³/mol. The lowest BCUT2D eigenvalue weighted by atomic mass is 9.84. The molecule has 0 aliphatic heterocycles. The molecule has 1 aromatic carbocycles. The fraction of sp³-hybridized carbons (Fsp3) is 0.348. The molecular weight excluding hydrogens is 379 g/mol. The van der Waals surface area contributed by atoms with Gasteiger partial charge in [-0.25, -0.2) is 14.1 Å². The summed E-state index contributed by atoms with van der Waals surface area (Å²) in [7, 11) is 1.73. The molecule has 0 radical (unpaired) electrons. The Bertz CT molecular complexity index is 1020. The molecule has 2 aromatic heterocycles. The first kappa shape index (κ1) is 21.5. The van der Waals surface area contributed by atoms with Crippen molar-refractivity contribution in [2.24, 2.45) is 4.99 Å². The Morgan fingerprint density at radius 3 is 2.53 bits per heavy atom. The number of aryl methyl sites for hydroxylation is 2. The van der Waals surface area contributed by atoms with Crippen LogP contribution in [-0.2, 0) is 12.0 Å². The molecule has 0 amide bonds. The van der Waals surface area contributed by atoms with Gasteiger partial charge in [-0.05, 0) is 49.2 Å². The summed E-state index contributed by atoms with van der Waals surface area (Å²) in [6.07, 6.45) is 1.84. The summed E-state index contributed by atoms with van der Waals surface area (Å²) in [5, 5.41) is 11.1. The zero-order valence-corrected chi connectivity index (χ0v) is 18.2. The Morgan fingerprint density at radius 1 is 1.13 bits per heavy atom. The maximum atomic E-state index is 13.6. The molecule has 0 aliphatic carbocycles. The third-order valence-corrected chi connectivity index (χ3v) is 5.02. The molecule has 7 heteroatoms. The molecule has 0 bridgehead atoms. The molecule has 0 spiro atoms. The van der Waals surface area contributed by atoms with E-state index in [0.29, 0.717) is 19.0 Å². The molecule has 3 rings (SSSR count). The molecule has 0 saturated heterocycles. The SMILES string of the molecule is CN=C(NCc1ccc(-n2nc(C)cc2C)nc1)NCC(C)(C)c1cccc(F)c1. The molecule has 2 heterocycles. The second kappa shape index (κ2) is 9.07. The van der Waals surface area contributed by atoms with E-state index in [1.165, 1.54) is 6.07 Å². The summed E-state index contributed by atoms with van der Waals surface area (Å²) in [6, 6.07) is 12.7. The number of guanidine groups is 1. The molecule has 158 valence electrons. The largest absolute Gasteiger partial charge is 0.356 e. The molecule has 30 heavy (non-hydrogen) atoms. The number of hydrogen-bond donors (Lipinski definition) is 2.